The summed E-state index contributed by atoms with van der Waals surface area (Å²) < 4.78 is 5.48. The van der Waals surface area contributed by atoms with E-state index in [0.29, 0.717) is 23.8 Å². The van der Waals surface area contributed by atoms with Crippen molar-refractivity contribution in [1.82, 2.24) is 5.32 Å². The molecule has 4 heteroatoms. The van der Waals surface area contributed by atoms with E-state index in [4.69, 9.17) is 9.84 Å². The number of hydrogen-bond donors (Lipinski definition) is 2. The number of rotatable bonds is 9. The van der Waals surface area contributed by atoms with Crippen LogP contribution >= 0.6 is 11.8 Å². The fourth-order valence-electron chi connectivity index (χ4n) is 2.09. The highest BCUT2D eigenvalue weighted by Gasteiger charge is 2.25. The summed E-state index contributed by atoms with van der Waals surface area (Å²) in [7, 11) is 0. The molecule has 0 aromatic heterocycles. The van der Waals surface area contributed by atoms with E-state index in [1.807, 2.05) is 11.8 Å². The van der Waals surface area contributed by atoms with E-state index >= 15 is 0 Å². The smallest absolute Gasteiger partial charge is 0.0510 e. The van der Waals surface area contributed by atoms with Crippen LogP contribution in [0, 0.1) is 5.92 Å². The summed E-state index contributed by atoms with van der Waals surface area (Å²) in [5, 5.41) is 13.1. The standard InChI is InChI=1S/C13H27NO2S/c1-3-6-14-13(12-5-8-16-9-12)10-17-11(2)4-7-15/h11-15H,3-10H2,1-2H3. The van der Waals surface area contributed by atoms with Crippen molar-refractivity contribution in [3.63, 3.8) is 0 Å². The van der Waals surface area contributed by atoms with Crippen molar-refractivity contribution in [2.75, 3.05) is 32.1 Å². The van der Waals surface area contributed by atoms with Gasteiger partial charge in [0.25, 0.3) is 0 Å². The number of thioether (sulfide) groups is 1. The van der Waals surface area contributed by atoms with Gasteiger partial charge in [-0.3, -0.25) is 0 Å². The van der Waals surface area contributed by atoms with Crippen LogP contribution in [0.4, 0.5) is 0 Å². The highest BCUT2D eigenvalue weighted by Crippen LogP contribution is 2.23. The first-order valence-corrected chi connectivity index (χ1v) is 7.86. The second kappa shape index (κ2) is 9.20. The van der Waals surface area contributed by atoms with Gasteiger partial charge in [0.1, 0.15) is 0 Å². The van der Waals surface area contributed by atoms with Crippen molar-refractivity contribution in [3.05, 3.63) is 0 Å². The van der Waals surface area contributed by atoms with Gasteiger partial charge in [0.15, 0.2) is 0 Å². The molecule has 1 saturated heterocycles. The maximum absolute atomic E-state index is 8.91. The zero-order valence-corrected chi connectivity index (χ0v) is 12.0. The lowest BCUT2D eigenvalue weighted by atomic mass is 10.0. The van der Waals surface area contributed by atoms with Gasteiger partial charge in [-0.25, -0.2) is 0 Å². The van der Waals surface area contributed by atoms with Gasteiger partial charge in [0.05, 0.1) is 6.61 Å². The fourth-order valence-corrected chi connectivity index (χ4v) is 3.29. The third-order valence-corrected chi connectivity index (χ3v) is 4.64. The Bertz CT molecular complexity index is 186. The Hall–Kier alpha value is 0.230. The van der Waals surface area contributed by atoms with Crippen LogP contribution in [0.5, 0.6) is 0 Å². The number of nitrogens with one attached hydrogen (secondary N) is 1. The molecule has 1 fully saturated rings. The summed E-state index contributed by atoms with van der Waals surface area (Å²) in [5.41, 5.74) is 0. The third kappa shape index (κ3) is 6.09. The Morgan fingerprint density at radius 3 is 2.94 bits per heavy atom. The second-order valence-corrected chi connectivity index (χ2v) is 6.31. The minimum absolute atomic E-state index is 0.299. The third-order valence-electron chi connectivity index (χ3n) is 3.29. The Morgan fingerprint density at radius 1 is 1.53 bits per heavy atom. The lowest BCUT2D eigenvalue weighted by Crippen LogP contribution is -2.39. The highest BCUT2D eigenvalue weighted by molar-refractivity contribution is 7.99. The molecule has 1 aliphatic heterocycles. The maximum atomic E-state index is 8.91. The average Bonchev–Trinajstić information content (AvgIpc) is 2.83. The van der Waals surface area contributed by atoms with E-state index in [9.17, 15) is 0 Å². The topological polar surface area (TPSA) is 41.5 Å². The highest BCUT2D eigenvalue weighted by atomic mass is 32.2. The minimum atomic E-state index is 0.299. The second-order valence-electron chi connectivity index (χ2n) is 4.84. The van der Waals surface area contributed by atoms with Gasteiger partial charge in [-0.2, -0.15) is 11.8 Å². The summed E-state index contributed by atoms with van der Waals surface area (Å²) in [4.78, 5) is 0. The van der Waals surface area contributed by atoms with Crippen LogP contribution in [0.3, 0.4) is 0 Å². The molecule has 1 heterocycles. The van der Waals surface area contributed by atoms with Gasteiger partial charge in [-0.05, 0) is 25.8 Å². The molecule has 0 aromatic rings. The quantitative estimate of drug-likeness (QED) is 0.665. The van der Waals surface area contributed by atoms with Crippen LogP contribution in [0.1, 0.15) is 33.1 Å². The first-order valence-electron chi connectivity index (χ1n) is 6.81. The van der Waals surface area contributed by atoms with E-state index in [1.165, 1.54) is 12.8 Å². The summed E-state index contributed by atoms with van der Waals surface area (Å²) in [6, 6.07) is 0.573. The van der Waals surface area contributed by atoms with Gasteiger partial charge in [-0.15, -0.1) is 0 Å². The summed E-state index contributed by atoms with van der Waals surface area (Å²) in [6.45, 7) is 7.63. The number of aliphatic hydroxyl groups excluding tert-OH is 1. The van der Waals surface area contributed by atoms with Gasteiger partial charge < -0.3 is 15.2 Å². The predicted molar refractivity (Wildman–Crippen MR) is 74.6 cm³/mol. The molecule has 102 valence electrons. The molecular weight excluding hydrogens is 234 g/mol. The number of ether oxygens (including phenoxy) is 1. The first kappa shape index (κ1) is 15.3. The zero-order chi connectivity index (χ0) is 12.5. The fraction of sp³-hybridized carbons (Fsp3) is 1.00. The monoisotopic (exact) mass is 261 g/mol. The molecule has 0 radical (unpaired) electrons. The van der Waals surface area contributed by atoms with Gasteiger partial charge in [0.2, 0.25) is 0 Å². The van der Waals surface area contributed by atoms with Crippen LogP contribution in [0.15, 0.2) is 0 Å². The average molecular weight is 261 g/mol. The van der Waals surface area contributed by atoms with Crippen molar-refractivity contribution >= 4 is 11.8 Å². The lowest BCUT2D eigenvalue weighted by Gasteiger charge is -2.24. The Kier molecular flexibility index (Phi) is 8.27. The molecule has 0 saturated carbocycles. The van der Waals surface area contributed by atoms with Crippen molar-refractivity contribution in [3.8, 4) is 0 Å². The van der Waals surface area contributed by atoms with Crippen LogP contribution in [0.2, 0.25) is 0 Å². The lowest BCUT2D eigenvalue weighted by molar-refractivity contribution is 0.179. The summed E-state index contributed by atoms with van der Waals surface area (Å²) >= 11 is 1.97. The van der Waals surface area contributed by atoms with Crippen molar-refractivity contribution in [2.45, 2.75) is 44.4 Å². The predicted octanol–water partition coefficient (Wildman–Crippen LogP) is 1.90. The van der Waals surface area contributed by atoms with E-state index in [1.54, 1.807) is 0 Å². The zero-order valence-electron chi connectivity index (χ0n) is 11.2. The summed E-state index contributed by atoms with van der Waals surface area (Å²) in [5.74, 6) is 1.81. The minimum Gasteiger partial charge on any atom is -0.396 e. The van der Waals surface area contributed by atoms with E-state index in [-0.39, 0.29) is 0 Å². The Balaban J connectivity index is 2.29. The number of hydrogen-bond acceptors (Lipinski definition) is 4. The normalized spacial score (nSPS) is 23.8. The molecule has 0 amide bonds. The molecule has 3 nitrogen and oxygen atoms in total. The molecule has 3 atom stereocenters. The van der Waals surface area contributed by atoms with Crippen molar-refractivity contribution in [1.29, 1.82) is 0 Å². The van der Waals surface area contributed by atoms with Crippen molar-refractivity contribution < 1.29 is 9.84 Å². The molecular formula is C13H27NO2S. The molecule has 2 N–H and O–H groups in total. The molecule has 0 spiro atoms. The Labute approximate surface area is 110 Å². The van der Waals surface area contributed by atoms with Gasteiger partial charge >= 0.3 is 0 Å². The van der Waals surface area contributed by atoms with Crippen LogP contribution in [-0.4, -0.2) is 48.5 Å². The van der Waals surface area contributed by atoms with Crippen molar-refractivity contribution in [2.24, 2.45) is 5.92 Å². The molecule has 0 aliphatic carbocycles. The van der Waals surface area contributed by atoms with Crippen LogP contribution in [0.25, 0.3) is 0 Å². The SMILES string of the molecule is CCCNC(CSC(C)CCO)C1CCOC1. The van der Waals surface area contributed by atoms with E-state index in [2.05, 4.69) is 19.2 Å². The molecule has 1 rings (SSSR count). The maximum Gasteiger partial charge on any atom is 0.0510 e. The summed E-state index contributed by atoms with van der Waals surface area (Å²) in [6.07, 6.45) is 3.27. The Morgan fingerprint density at radius 2 is 2.35 bits per heavy atom. The first-order chi connectivity index (χ1) is 8.27. The van der Waals surface area contributed by atoms with E-state index in [0.717, 1.165) is 31.9 Å². The molecule has 3 unspecified atom stereocenters. The van der Waals surface area contributed by atoms with Gasteiger partial charge in [-0.1, -0.05) is 13.8 Å². The van der Waals surface area contributed by atoms with E-state index < -0.39 is 0 Å². The van der Waals surface area contributed by atoms with Gasteiger partial charge in [0, 0.05) is 36.2 Å². The molecule has 0 bridgehead atoms. The number of aliphatic hydroxyl groups is 1. The molecule has 17 heavy (non-hydrogen) atoms. The molecule has 0 aromatic carbocycles. The van der Waals surface area contributed by atoms with Crippen LogP contribution in [-0.2, 0) is 4.74 Å². The largest absolute Gasteiger partial charge is 0.396 e. The molecule has 1 aliphatic rings. The van der Waals surface area contributed by atoms with Crippen LogP contribution < -0.4 is 5.32 Å².